The molecule has 1 unspecified atom stereocenters. The van der Waals surface area contributed by atoms with Gasteiger partial charge in [-0.3, -0.25) is 4.79 Å². The number of anilines is 1. The van der Waals surface area contributed by atoms with Gasteiger partial charge in [0.15, 0.2) is 0 Å². The second kappa shape index (κ2) is 6.24. The van der Waals surface area contributed by atoms with E-state index in [4.69, 9.17) is 4.74 Å². The molecular formula is C13H21BrN4O2. The van der Waals surface area contributed by atoms with Gasteiger partial charge in [-0.25, -0.2) is 4.68 Å². The summed E-state index contributed by atoms with van der Waals surface area (Å²) >= 11 is 3.38. The molecule has 0 amide bonds. The first kappa shape index (κ1) is 15.5. The third-order valence-corrected chi connectivity index (χ3v) is 4.17. The van der Waals surface area contributed by atoms with E-state index in [0.717, 1.165) is 25.3 Å². The van der Waals surface area contributed by atoms with Gasteiger partial charge in [-0.05, 0) is 43.4 Å². The van der Waals surface area contributed by atoms with Gasteiger partial charge in [0.05, 0.1) is 30.6 Å². The van der Waals surface area contributed by atoms with Crippen LogP contribution in [0.15, 0.2) is 15.5 Å². The van der Waals surface area contributed by atoms with Gasteiger partial charge in [0.2, 0.25) is 0 Å². The van der Waals surface area contributed by atoms with E-state index in [1.807, 2.05) is 19.0 Å². The highest BCUT2D eigenvalue weighted by Crippen LogP contribution is 2.26. The van der Waals surface area contributed by atoms with E-state index in [1.165, 1.54) is 4.68 Å². The van der Waals surface area contributed by atoms with Crippen LogP contribution in [0.2, 0.25) is 0 Å². The molecule has 0 bridgehead atoms. The lowest BCUT2D eigenvalue weighted by molar-refractivity contribution is 0.185. The van der Waals surface area contributed by atoms with Crippen molar-refractivity contribution in [2.45, 2.75) is 25.4 Å². The quantitative estimate of drug-likeness (QED) is 0.868. The summed E-state index contributed by atoms with van der Waals surface area (Å²) in [4.78, 5) is 14.3. The number of hydrogen-bond donors (Lipinski definition) is 1. The molecule has 1 aromatic heterocycles. The Morgan fingerprint density at radius 2 is 2.35 bits per heavy atom. The van der Waals surface area contributed by atoms with Crippen LogP contribution < -0.4 is 10.9 Å². The number of hydrogen-bond acceptors (Lipinski definition) is 5. The van der Waals surface area contributed by atoms with E-state index in [2.05, 4.69) is 33.3 Å². The van der Waals surface area contributed by atoms with Gasteiger partial charge in [0.25, 0.3) is 5.56 Å². The molecule has 1 aliphatic heterocycles. The summed E-state index contributed by atoms with van der Waals surface area (Å²) < 4.78 is 7.41. The highest BCUT2D eigenvalue weighted by molar-refractivity contribution is 9.10. The van der Waals surface area contributed by atoms with Gasteiger partial charge in [0, 0.05) is 13.2 Å². The number of halogens is 1. The highest BCUT2D eigenvalue weighted by Gasteiger charge is 2.30. The molecular weight excluding hydrogens is 324 g/mol. The van der Waals surface area contributed by atoms with Gasteiger partial charge in [-0.15, -0.1) is 0 Å². The minimum Gasteiger partial charge on any atom is -0.379 e. The van der Waals surface area contributed by atoms with E-state index in [9.17, 15) is 4.79 Å². The summed E-state index contributed by atoms with van der Waals surface area (Å²) in [6.45, 7) is 4.82. The first-order valence-corrected chi connectivity index (χ1v) is 7.47. The smallest absolute Gasteiger partial charge is 0.283 e. The maximum atomic E-state index is 12.2. The second-order valence-electron chi connectivity index (χ2n) is 5.69. The summed E-state index contributed by atoms with van der Waals surface area (Å²) in [5.41, 5.74) is 0.482. The van der Waals surface area contributed by atoms with Gasteiger partial charge in [-0.2, -0.15) is 5.10 Å². The predicted molar refractivity (Wildman–Crippen MR) is 82.2 cm³/mol. The van der Waals surface area contributed by atoms with Crippen molar-refractivity contribution in [3.05, 3.63) is 21.0 Å². The Bertz CT molecular complexity index is 524. The van der Waals surface area contributed by atoms with Crippen molar-refractivity contribution in [1.82, 2.24) is 14.7 Å². The highest BCUT2D eigenvalue weighted by atomic mass is 79.9. The lowest BCUT2D eigenvalue weighted by atomic mass is 10.0. The minimum atomic E-state index is -0.132. The van der Waals surface area contributed by atoms with Crippen LogP contribution in [0, 0.1) is 0 Å². The molecule has 1 atom stereocenters. The molecule has 0 aliphatic carbocycles. The summed E-state index contributed by atoms with van der Waals surface area (Å²) in [6.07, 6.45) is 2.62. The van der Waals surface area contributed by atoms with Crippen LogP contribution >= 0.6 is 15.9 Å². The molecule has 1 aliphatic rings. The zero-order chi connectivity index (χ0) is 14.8. The van der Waals surface area contributed by atoms with Gasteiger partial charge in [0.1, 0.15) is 4.47 Å². The van der Waals surface area contributed by atoms with Gasteiger partial charge in [-0.1, -0.05) is 0 Å². The van der Waals surface area contributed by atoms with Crippen LogP contribution in [0.4, 0.5) is 5.69 Å². The van der Waals surface area contributed by atoms with Crippen molar-refractivity contribution < 1.29 is 4.74 Å². The van der Waals surface area contributed by atoms with Crippen molar-refractivity contribution in [1.29, 1.82) is 0 Å². The van der Waals surface area contributed by atoms with E-state index >= 15 is 0 Å². The Labute approximate surface area is 127 Å². The molecule has 6 nitrogen and oxygen atoms in total. The first-order valence-electron chi connectivity index (χ1n) is 6.67. The monoisotopic (exact) mass is 344 g/mol. The van der Waals surface area contributed by atoms with Crippen molar-refractivity contribution in [3.63, 3.8) is 0 Å². The Kier molecular flexibility index (Phi) is 4.82. The SMILES string of the molecule is CN(C)CCn1ncc(NC2(C)CCOC2)c(Br)c1=O. The molecule has 0 saturated carbocycles. The van der Waals surface area contributed by atoms with Gasteiger partial charge >= 0.3 is 0 Å². The molecule has 1 N–H and O–H groups in total. The average molecular weight is 345 g/mol. The largest absolute Gasteiger partial charge is 0.379 e. The summed E-state index contributed by atoms with van der Waals surface area (Å²) in [5, 5.41) is 7.59. The zero-order valence-electron chi connectivity index (χ0n) is 12.1. The van der Waals surface area contributed by atoms with Crippen LogP contribution in [0.1, 0.15) is 13.3 Å². The molecule has 0 aromatic carbocycles. The fraction of sp³-hybridized carbons (Fsp3) is 0.692. The number of rotatable bonds is 5. The van der Waals surface area contributed by atoms with Crippen molar-refractivity contribution in [2.24, 2.45) is 0 Å². The lowest BCUT2D eigenvalue weighted by Crippen LogP contribution is -2.37. The zero-order valence-corrected chi connectivity index (χ0v) is 13.7. The van der Waals surface area contributed by atoms with Crippen molar-refractivity contribution in [3.8, 4) is 0 Å². The minimum absolute atomic E-state index is 0.112. The average Bonchev–Trinajstić information content (AvgIpc) is 2.81. The molecule has 1 aromatic rings. The molecule has 20 heavy (non-hydrogen) atoms. The fourth-order valence-corrected chi connectivity index (χ4v) is 2.50. The molecule has 2 heterocycles. The number of likely N-dealkylation sites (N-methyl/N-ethyl adjacent to an activating group) is 1. The number of ether oxygens (including phenoxy) is 1. The lowest BCUT2D eigenvalue weighted by Gasteiger charge is -2.25. The molecule has 0 radical (unpaired) electrons. The third-order valence-electron chi connectivity index (χ3n) is 3.40. The Balaban J connectivity index is 2.16. The van der Waals surface area contributed by atoms with Crippen molar-refractivity contribution >= 4 is 21.6 Å². The maximum absolute atomic E-state index is 12.2. The normalized spacial score (nSPS) is 22.4. The summed E-state index contributed by atoms with van der Waals surface area (Å²) in [7, 11) is 3.94. The van der Waals surface area contributed by atoms with E-state index in [0.29, 0.717) is 17.6 Å². The van der Waals surface area contributed by atoms with E-state index < -0.39 is 0 Å². The molecule has 1 saturated heterocycles. The van der Waals surface area contributed by atoms with Crippen LogP contribution in [0.25, 0.3) is 0 Å². The van der Waals surface area contributed by atoms with E-state index in [-0.39, 0.29) is 11.1 Å². The van der Waals surface area contributed by atoms with Crippen LogP contribution in [0.3, 0.4) is 0 Å². The summed E-state index contributed by atoms with van der Waals surface area (Å²) in [6, 6.07) is 0. The molecule has 2 rings (SSSR count). The standard InChI is InChI=1S/C13H21BrN4O2/c1-13(4-7-20-9-13)16-10-8-15-18(6-5-17(2)3)12(19)11(10)14/h8,16H,4-7,9H2,1-3H3. The topological polar surface area (TPSA) is 59.4 Å². The molecule has 0 spiro atoms. The number of nitrogens with zero attached hydrogens (tertiary/aromatic N) is 3. The Morgan fingerprint density at radius 3 is 2.95 bits per heavy atom. The fourth-order valence-electron chi connectivity index (χ4n) is 2.10. The number of nitrogens with one attached hydrogen (secondary N) is 1. The first-order chi connectivity index (χ1) is 9.41. The van der Waals surface area contributed by atoms with Crippen LogP contribution in [-0.2, 0) is 11.3 Å². The molecule has 7 heteroatoms. The van der Waals surface area contributed by atoms with Crippen LogP contribution in [0.5, 0.6) is 0 Å². The molecule has 112 valence electrons. The molecule has 1 fully saturated rings. The predicted octanol–water partition coefficient (Wildman–Crippen LogP) is 1.16. The Morgan fingerprint density at radius 1 is 1.60 bits per heavy atom. The third kappa shape index (κ3) is 3.59. The number of aromatic nitrogens is 2. The van der Waals surface area contributed by atoms with Crippen LogP contribution in [-0.4, -0.2) is 54.1 Å². The second-order valence-corrected chi connectivity index (χ2v) is 6.49. The van der Waals surface area contributed by atoms with Crippen molar-refractivity contribution in [2.75, 3.05) is 39.2 Å². The summed E-state index contributed by atoms with van der Waals surface area (Å²) in [5.74, 6) is 0. The van der Waals surface area contributed by atoms with E-state index in [1.54, 1.807) is 6.20 Å². The Hall–Kier alpha value is -0.920. The van der Waals surface area contributed by atoms with Gasteiger partial charge < -0.3 is 15.0 Å². The maximum Gasteiger partial charge on any atom is 0.283 e.